The average Bonchev–Trinajstić information content (AvgIpc) is 3.22. The summed E-state index contributed by atoms with van der Waals surface area (Å²) in [4.78, 5) is 52.9. The fourth-order valence-corrected chi connectivity index (χ4v) is 8.39. The van der Waals surface area contributed by atoms with Gasteiger partial charge in [0.2, 0.25) is 11.8 Å². The van der Waals surface area contributed by atoms with Crippen molar-refractivity contribution >= 4 is 80.0 Å². The number of hydrogen-bond acceptors (Lipinski definition) is 5. The Morgan fingerprint density at radius 2 is 1.72 bits per heavy atom. The van der Waals surface area contributed by atoms with Crippen LogP contribution in [0.25, 0.3) is 0 Å². The van der Waals surface area contributed by atoms with Crippen molar-refractivity contribution in [3.8, 4) is 5.75 Å². The molecule has 2 aliphatic heterocycles. The standard InChI is InChI=1S/C28H22BrCl3N2O5/c1-12-3-5-14(10-19(12)30)34-23(36)16-7-6-15-18(21(16)24(34)37)11-27(31)25(38)33(2)26(39)28(27,32)22(15)17-9-13(29)4-8-20(17)35/h3-6,8-10,16,18,21-22,35H,7,11H2,1-2H3/t16-,18+,21-,22+,27+,28-/m0/s1. The third-order valence-corrected chi connectivity index (χ3v) is 11.0. The van der Waals surface area contributed by atoms with Gasteiger partial charge in [0, 0.05) is 28.0 Å². The van der Waals surface area contributed by atoms with E-state index in [0.29, 0.717) is 26.3 Å². The van der Waals surface area contributed by atoms with Crippen LogP contribution in [0.5, 0.6) is 5.75 Å². The molecular weight excluding hydrogens is 631 g/mol. The SMILES string of the molecule is Cc1ccc(N2C(=O)[C@H]3[C@H](CC=C4[C@H]3C[C@@]3(Cl)C(=O)N(C)C(=O)[C@@]3(Cl)[C@H]4c3cc(Br)ccc3O)C2=O)cc1Cl. The summed E-state index contributed by atoms with van der Waals surface area (Å²) in [6, 6.07) is 9.73. The van der Waals surface area contributed by atoms with Crippen molar-refractivity contribution in [1.82, 2.24) is 4.90 Å². The zero-order valence-corrected chi connectivity index (χ0v) is 24.6. The maximum atomic E-state index is 14.0. The van der Waals surface area contributed by atoms with Crippen LogP contribution in [-0.4, -0.2) is 50.4 Å². The monoisotopic (exact) mass is 650 g/mol. The second-order valence-electron chi connectivity index (χ2n) is 10.6. The minimum Gasteiger partial charge on any atom is -0.508 e. The molecule has 1 N–H and O–H groups in total. The minimum absolute atomic E-state index is 0.118. The number of alkyl halides is 2. The second kappa shape index (κ2) is 8.80. The first kappa shape index (κ1) is 26.8. The summed E-state index contributed by atoms with van der Waals surface area (Å²) in [6.45, 7) is 1.82. The predicted molar refractivity (Wildman–Crippen MR) is 150 cm³/mol. The third kappa shape index (κ3) is 3.41. The number of allylic oxidation sites excluding steroid dienone is 2. The molecule has 0 aromatic heterocycles. The molecule has 0 spiro atoms. The molecule has 39 heavy (non-hydrogen) atoms. The van der Waals surface area contributed by atoms with E-state index >= 15 is 0 Å². The van der Waals surface area contributed by atoms with Crippen LogP contribution in [0.15, 0.2) is 52.5 Å². The number of phenols is 1. The molecule has 4 aliphatic rings. The molecule has 4 amide bonds. The molecule has 202 valence electrons. The number of carbonyl (C=O) groups excluding carboxylic acids is 4. The van der Waals surface area contributed by atoms with Gasteiger partial charge in [0.15, 0.2) is 9.75 Å². The number of hydrogen-bond donors (Lipinski definition) is 1. The van der Waals surface area contributed by atoms with Crippen molar-refractivity contribution in [3.63, 3.8) is 0 Å². The third-order valence-electron chi connectivity index (χ3n) is 8.73. The summed E-state index contributed by atoms with van der Waals surface area (Å²) in [5.74, 6) is -5.50. The normalized spacial score (nSPS) is 33.7. The van der Waals surface area contributed by atoms with Gasteiger partial charge in [-0.1, -0.05) is 45.2 Å². The highest BCUT2D eigenvalue weighted by Crippen LogP contribution is 2.66. The first-order valence-electron chi connectivity index (χ1n) is 12.4. The molecule has 1 saturated carbocycles. The van der Waals surface area contributed by atoms with E-state index in [0.717, 1.165) is 15.4 Å². The molecule has 7 nitrogen and oxygen atoms in total. The molecule has 0 radical (unpaired) electrons. The summed E-state index contributed by atoms with van der Waals surface area (Å²) >= 11 is 24.0. The predicted octanol–water partition coefficient (Wildman–Crippen LogP) is 5.31. The number of amides is 4. The number of aryl methyl sites for hydroxylation is 1. The van der Waals surface area contributed by atoms with E-state index in [-0.39, 0.29) is 24.5 Å². The Hall–Kier alpha value is -2.39. The fraction of sp³-hybridized carbons (Fsp3) is 0.357. The Kier molecular flexibility index (Phi) is 6.05. The van der Waals surface area contributed by atoms with Crippen molar-refractivity contribution < 1.29 is 24.3 Å². The summed E-state index contributed by atoms with van der Waals surface area (Å²) in [5, 5.41) is 11.4. The van der Waals surface area contributed by atoms with E-state index in [4.69, 9.17) is 34.8 Å². The molecule has 3 fully saturated rings. The fourth-order valence-electron chi connectivity index (χ4n) is 6.82. The van der Waals surface area contributed by atoms with E-state index in [2.05, 4.69) is 15.9 Å². The van der Waals surface area contributed by atoms with Gasteiger partial charge in [0.25, 0.3) is 11.8 Å². The van der Waals surface area contributed by atoms with E-state index < -0.39 is 51.1 Å². The molecule has 2 saturated heterocycles. The summed E-state index contributed by atoms with van der Waals surface area (Å²) < 4.78 is 0.617. The first-order chi connectivity index (χ1) is 18.3. The number of likely N-dealkylation sites (tertiary alicyclic amines) is 1. The van der Waals surface area contributed by atoms with Crippen LogP contribution < -0.4 is 4.90 Å². The van der Waals surface area contributed by atoms with Crippen molar-refractivity contribution in [2.24, 2.45) is 17.8 Å². The van der Waals surface area contributed by atoms with Gasteiger partial charge in [-0.15, -0.1) is 23.2 Å². The van der Waals surface area contributed by atoms with Crippen molar-refractivity contribution in [2.75, 3.05) is 11.9 Å². The number of halogens is 4. The first-order valence-corrected chi connectivity index (χ1v) is 14.3. The largest absolute Gasteiger partial charge is 0.508 e. The van der Waals surface area contributed by atoms with E-state index in [1.54, 1.807) is 30.3 Å². The maximum absolute atomic E-state index is 14.0. The van der Waals surface area contributed by atoms with Crippen LogP contribution in [-0.2, 0) is 19.2 Å². The zero-order chi connectivity index (χ0) is 28.2. The Morgan fingerprint density at radius 1 is 1.00 bits per heavy atom. The van der Waals surface area contributed by atoms with Gasteiger partial charge in [-0.25, -0.2) is 4.90 Å². The van der Waals surface area contributed by atoms with Gasteiger partial charge >= 0.3 is 0 Å². The Labute approximate surface area is 247 Å². The van der Waals surface area contributed by atoms with Gasteiger partial charge < -0.3 is 5.11 Å². The lowest BCUT2D eigenvalue weighted by Gasteiger charge is -2.50. The number of benzene rings is 2. The number of phenolic OH excluding ortho intramolecular Hbond substituents is 1. The van der Waals surface area contributed by atoms with Crippen LogP contribution in [0, 0.1) is 24.7 Å². The number of carbonyl (C=O) groups is 4. The summed E-state index contributed by atoms with van der Waals surface area (Å²) in [6.07, 6.45) is 1.93. The number of fused-ring (bicyclic) bond motifs is 4. The van der Waals surface area contributed by atoms with Crippen LogP contribution >= 0.6 is 50.7 Å². The molecule has 2 aliphatic carbocycles. The lowest BCUT2D eigenvalue weighted by Crippen LogP contribution is -2.60. The molecule has 2 aromatic carbocycles. The molecule has 6 atom stereocenters. The van der Waals surface area contributed by atoms with Crippen LogP contribution in [0.1, 0.15) is 29.9 Å². The summed E-state index contributed by atoms with van der Waals surface area (Å²) in [5.41, 5.74) is 2.08. The highest BCUT2D eigenvalue weighted by atomic mass is 79.9. The van der Waals surface area contributed by atoms with Gasteiger partial charge in [-0.2, -0.15) is 0 Å². The van der Waals surface area contributed by atoms with Crippen molar-refractivity contribution in [2.45, 2.75) is 35.4 Å². The lowest BCUT2D eigenvalue weighted by molar-refractivity contribution is -0.138. The number of aromatic hydroxyl groups is 1. The van der Waals surface area contributed by atoms with E-state index in [1.807, 2.05) is 13.0 Å². The Morgan fingerprint density at radius 3 is 2.41 bits per heavy atom. The highest BCUT2D eigenvalue weighted by Gasteiger charge is 2.76. The number of imide groups is 2. The highest BCUT2D eigenvalue weighted by molar-refractivity contribution is 9.10. The molecule has 2 aromatic rings. The second-order valence-corrected chi connectivity index (χ2v) is 13.2. The lowest BCUT2D eigenvalue weighted by atomic mass is 9.56. The van der Waals surface area contributed by atoms with Crippen molar-refractivity contribution in [1.29, 1.82) is 0 Å². The number of nitrogens with zero attached hydrogens (tertiary/aromatic N) is 2. The van der Waals surface area contributed by atoms with Gasteiger partial charge in [0.1, 0.15) is 5.75 Å². The Bertz CT molecular complexity index is 1550. The average molecular weight is 653 g/mol. The smallest absolute Gasteiger partial charge is 0.253 e. The van der Waals surface area contributed by atoms with Crippen LogP contribution in [0.3, 0.4) is 0 Å². The molecule has 11 heteroatoms. The zero-order valence-electron chi connectivity index (χ0n) is 20.8. The topological polar surface area (TPSA) is 95.0 Å². The van der Waals surface area contributed by atoms with E-state index in [1.165, 1.54) is 13.1 Å². The molecular formula is C28H22BrCl3N2O5. The molecule has 6 rings (SSSR count). The van der Waals surface area contributed by atoms with Gasteiger partial charge in [-0.05, 0) is 61.6 Å². The van der Waals surface area contributed by atoms with Gasteiger partial charge in [0.05, 0.1) is 17.5 Å². The number of anilines is 1. The Balaban J connectivity index is 1.53. The van der Waals surface area contributed by atoms with E-state index in [9.17, 15) is 24.3 Å². The molecule has 2 heterocycles. The maximum Gasteiger partial charge on any atom is 0.253 e. The molecule has 0 unspecified atom stereocenters. The van der Waals surface area contributed by atoms with Crippen LogP contribution in [0.2, 0.25) is 5.02 Å². The van der Waals surface area contributed by atoms with Crippen LogP contribution in [0.4, 0.5) is 5.69 Å². The molecule has 0 bridgehead atoms. The quantitative estimate of drug-likeness (QED) is 0.270. The number of rotatable bonds is 2. The van der Waals surface area contributed by atoms with Crippen molar-refractivity contribution in [3.05, 3.63) is 68.7 Å². The van der Waals surface area contributed by atoms with Gasteiger partial charge in [-0.3, -0.25) is 24.1 Å². The minimum atomic E-state index is -1.95. The summed E-state index contributed by atoms with van der Waals surface area (Å²) in [7, 11) is 1.32.